The van der Waals surface area contributed by atoms with Crippen LogP contribution in [-0.2, 0) is 4.79 Å². The van der Waals surface area contributed by atoms with Gasteiger partial charge in [-0.25, -0.2) is 0 Å². The minimum absolute atomic E-state index is 0.0161. The van der Waals surface area contributed by atoms with Gasteiger partial charge in [-0.05, 0) is 42.3 Å². The molecule has 0 atom stereocenters. The molecule has 0 radical (unpaired) electrons. The van der Waals surface area contributed by atoms with E-state index in [0.29, 0.717) is 18.1 Å². The van der Waals surface area contributed by atoms with Gasteiger partial charge in [0.05, 0.1) is 0 Å². The van der Waals surface area contributed by atoms with Gasteiger partial charge in [-0.3, -0.25) is 4.79 Å². The van der Waals surface area contributed by atoms with Crippen LogP contribution in [0.1, 0.15) is 11.1 Å². The van der Waals surface area contributed by atoms with Gasteiger partial charge in [0.15, 0.2) is 0 Å². The van der Waals surface area contributed by atoms with E-state index < -0.39 is 0 Å². The number of hydrogen-bond donors (Lipinski definition) is 0. The van der Waals surface area contributed by atoms with E-state index in [2.05, 4.69) is 11.8 Å². The number of anilines is 1. The Morgan fingerprint density at radius 3 is 2.48 bits per heavy atom. The SMILES string of the molecule is Cc1ccc(Cl)cc1N1CCN(C(=O)/C=C/c2ccccc2Cl)CC1. The van der Waals surface area contributed by atoms with Crippen molar-refractivity contribution in [3.8, 4) is 0 Å². The van der Waals surface area contributed by atoms with E-state index in [-0.39, 0.29) is 5.91 Å². The van der Waals surface area contributed by atoms with Crippen LogP contribution in [0.5, 0.6) is 0 Å². The van der Waals surface area contributed by atoms with Crippen LogP contribution in [-0.4, -0.2) is 37.0 Å². The fourth-order valence-corrected chi connectivity index (χ4v) is 3.33. The van der Waals surface area contributed by atoms with Crippen LogP contribution < -0.4 is 4.90 Å². The van der Waals surface area contributed by atoms with Crippen LogP contribution >= 0.6 is 23.2 Å². The second-order valence-corrected chi connectivity index (χ2v) is 6.94. The smallest absolute Gasteiger partial charge is 0.246 e. The fourth-order valence-electron chi connectivity index (χ4n) is 2.97. The highest BCUT2D eigenvalue weighted by Crippen LogP contribution is 2.25. The van der Waals surface area contributed by atoms with Gasteiger partial charge in [0, 0.05) is 48.0 Å². The van der Waals surface area contributed by atoms with Gasteiger partial charge in [-0.2, -0.15) is 0 Å². The topological polar surface area (TPSA) is 23.6 Å². The second kappa shape index (κ2) is 7.94. The van der Waals surface area contributed by atoms with Crippen LogP contribution in [0.2, 0.25) is 10.0 Å². The summed E-state index contributed by atoms with van der Waals surface area (Å²) in [5.41, 5.74) is 3.19. The minimum Gasteiger partial charge on any atom is -0.368 e. The Bertz CT molecular complexity index is 796. The largest absolute Gasteiger partial charge is 0.368 e. The highest BCUT2D eigenvalue weighted by Gasteiger charge is 2.21. The summed E-state index contributed by atoms with van der Waals surface area (Å²) in [6, 6.07) is 13.4. The van der Waals surface area contributed by atoms with E-state index in [4.69, 9.17) is 23.2 Å². The molecule has 3 rings (SSSR count). The molecule has 1 amide bonds. The predicted octanol–water partition coefficient (Wildman–Crippen LogP) is 4.66. The number of piperazine rings is 1. The fraction of sp³-hybridized carbons (Fsp3) is 0.250. The Labute approximate surface area is 158 Å². The van der Waals surface area contributed by atoms with Gasteiger partial charge in [-0.15, -0.1) is 0 Å². The summed E-state index contributed by atoms with van der Waals surface area (Å²) in [5, 5.41) is 1.38. The summed E-state index contributed by atoms with van der Waals surface area (Å²) < 4.78 is 0. The number of carbonyl (C=O) groups is 1. The van der Waals surface area contributed by atoms with Gasteiger partial charge >= 0.3 is 0 Å². The van der Waals surface area contributed by atoms with Gasteiger partial charge in [0.1, 0.15) is 0 Å². The van der Waals surface area contributed by atoms with Crippen molar-refractivity contribution >= 4 is 40.9 Å². The third-order valence-corrected chi connectivity index (χ3v) is 4.99. The third-order valence-electron chi connectivity index (χ3n) is 4.41. The molecule has 0 spiro atoms. The Morgan fingerprint density at radius 2 is 1.76 bits per heavy atom. The number of aryl methyl sites for hydroxylation is 1. The maximum Gasteiger partial charge on any atom is 0.246 e. The predicted molar refractivity (Wildman–Crippen MR) is 105 cm³/mol. The Hall–Kier alpha value is -1.97. The van der Waals surface area contributed by atoms with Crippen LogP contribution in [0.4, 0.5) is 5.69 Å². The molecule has 1 aliphatic heterocycles. The molecule has 0 saturated carbocycles. The first-order valence-electron chi connectivity index (χ1n) is 8.27. The molecule has 5 heteroatoms. The van der Waals surface area contributed by atoms with Crippen molar-refractivity contribution in [2.75, 3.05) is 31.1 Å². The van der Waals surface area contributed by atoms with Gasteiger partial charge in [0.25, 0.3) is 0 Å². The Morgan fingerprint density at radius 1 is 1.04 bits per heavy atom. The molecule has 0 unspecified atom stereocenters. The molecule has 1 fully saturated rings. The van der Waals surface area contributed by atoms with Gasteiger partial charge in [0.2, 0.25) is 5.91 Å². The number of amides is 1. The quantitative estimate of drug-likeness (QED) is 0.729. The molecule has 0 N–H and O–H groups in total. The lowest BCUT2D eigenvalue weighted by molar-refractivity contribution is -0.126. The number of benzene rings is 2. The zero-order valence-corrected chi connectivity index (χ0v) is 15.6. The molecule has 1 aliphatic rings. The molecule has 1 heterocycles. The first-order chi connectivity index (χ1) is 12.0. The number of halogens is 2. The highest BCUT2D eigenvalue weighted by atomic mass is 35.5. The zero-order valence-electron chi connectivity index (χ0n) is 14.1. The van der Waals surface area contributed by atoms with E-state index in [1.54, 1.807) is 12.2 Å². The zero-order chi connectivity index (χ0) is 17.8. The standard InChI is InChI=1S/C20H20Cl2N2O/c1-15-6-8-17(21)14-19(15)23-10-12-24(13-11-23)20(25)9-7-16-4-2-3-5-18(16)22/h2-9,14H,10-13H2,1H3/b9-7+. The van der Waals surface area contributed by atoms with Crippen LogP contribution in [0.25, 0.3) is 6.08 Å². The summed E-state index contributed by atoms with van der Waals surface area (Å²) in [4.78, 5) is 16.5. The monoisotopic (exact) mass is 374 g/mol. The molecule has 25 heavy (non-hydrogen) atoms. The van der Waals surface area contributed by atoms with Crippen molar-refractivity contribution < 1.29 is 4.79 Å². The Balaban J connectivity index is 1.61. The maximum absolute atomic E-state index is 12.4. The average Bonchev–Trinajstić information content (AvgIpc) is 2.63. The molecule has 2 aromatic carbocycles. The Kier molecular flexibility index (Phi) is 5.67. The first kappa shape index (κ1) is 17.8. The molecule has 0 aliphatic carbocycles. The number of nitrogens with zero attached hydrogens (tertiary/aromatic N) is 2. The van der Waals surface area contributed by atoms with Crippen molar-refractivity contribution in [3.05, 3.63) is 69.7 Å². The molecule has 0 aromatic heterocycles. The highest BCUT2D eigenvalue weighted by molar-refractivity contribution is 6.32. The lowest BCUT2D eigenvalue weighted by Crippen LogP contribution is -2.48. The van der Waals surface area contributed by atoms with Gasteiger partial charge in [-0.1, -0.05) is 47.5 Å². The van der Waals surface area contributed by atoms with Crippen molar-refractivity contribution in [1.29, 1.82) is 0 Å². The molecule has 3 nitrogen and oxygen atoms in total. The third kappa shape index (κ3) is 4.36. The van der Waals surface area contributed by atoms with Crippen molar-refractivity contribution in [2.45, 2.75) is 6.92 Å². The van der Waals surface area contributed by atoms with Crippen molar-refractivity contribution in [3.63, 3.8) is 0 Å². The maximum atomic E-state index is 12.4. The molecule has 0 bridgehead atoms. The first-order valence-corrected chi connectivity index (χ1v) is 9.03. The summed E-state index contributed by atoms with van der Waals surface area (Å²) in [5.74, 6) is 0.0161. The summed E-state index contributed by atoms with van der Waals surface area (Å²) in [7, 11) is 0. The average molecular weight is 375 g/mol. The van der Waals surface area contributed by atoms with E-state index in [1.165, 1.54) is 5.56 Å². The summed E-state index contributed by atoms with van der Waals surface area (Å²) in [6.45, 7) is 5.06. The lowest BCUT2D eigenvalue weighted by Gasteiger charge is -2.36. The molecule has 130 valence electrons. The van der Waals surface area contributed by atoms with Crippen molar-refractivity contribution in [1.82, 2.24) is 4.90 Å². The molecule has 1 saturated heterocycles. The molecular formula is C20H20Cl2N2O. The number of carbonyl (C=O) groups excluding carboxylic acids is 1. The van der Waals surface area contributed by atoms with Crippen molar-refractivity contribution in [2.24, 2.45) is 0 Å². The normalized spacial score (nSPS) is 15.0. The minimum atomic E-state index is 0.0161. The number of hydrogen-bond acceptors (Lipinski definition) is 2. The van der Waals surface area contributed by atoms with Crippen LogP contribution in [0.15, 0.2) is 48.5 Å². The van der Waals surface area contributed by atoms with Crippen LogP contribution in [0.3, 0.4) is 0 Å². The van der Waals surface area contributed by atoms with E-state index in [0.717, 1.165) is 29.4 Å². The van der Waals surface area contributed by atoms with E-state index in [1.807, 2.05) is 47.4 Å². The number of rotatable bonds is 3. The summed E-state index contributed by atoms with van der Waals surface area (Å²) >= 11 is 12.2. The van der Waals surface area contributed by atoms with Gasteiger partial charge < -0.3 is 9.80 Å². The summed E-state index contributed by atoms with van der Waals surface area (Å²) in [6.07, 6.45) is 3.37. The molecule has 2 aromatic rings. The second-order valence-electron chi connectivity index (χ2n) is 6.10. The van der Waals surface area contributed by atoms with E-state index in [9.17, 15) is 4.79 Å². The van der Waals surface area contributed by atoms with E-state index >= 15 is 0 Å². The van der Waals surface area contributed by atoms with Crippen LogP contribution in [0, 0.1) is 6.92 Å². The molecular weight excluding hydrogens is 355 g/mol. The lowest BCUT2D eigenvalue weighted by atomic mass is 10.1.